The van der Waals surface area contributed by atoms with E-state index in [9.17, 15) is 14.9 Å². The summed E-state index contributed by atoms with van der Waals surface area (Å²) in [6.45, 7) is 0.944. The van der Waals surface area contributed by atoms with E-state index in [0.717, 1.165) is 15.8 Å². The van der Waals surface area contributed by atoms with Gasteiger partial charge in [-0.15, -0.1) is 5.10 Å². The van der Waals surface area contributed by atoms with E-state index in [1.165, 1.54) is 18.7 Å². The molecule has 3 heterocycles. The molecule has 0 radical (unpaired) electrons. The fraction of sp³-hybridized carbons (Fsp3) is 0.400. The first kappa shape index (κ1) is 15.7. The lowest BCUT2D eigenvalue weighted by Crippen LogP contribution is -2.44. The molecule has 124 valence electrons. The molecular formula is C15H16N6O3. The molecule has 0 saturated heterocycles. The minimum atomic E-state index is -0.591. The summed E-state index contributed by atoms with van der Waals surface area (Å²) in [5.74, 6) is 0.723. The maximum absolute atomic E-state index is 12.2. The molecule has 0 bridgehead atoms. The number of nitriles is 1. The summed E-state index contributed by atoms with van der Waals surface area (Å²) in [6.07, 6.45) is 0.598. The molecule has 24 heavy (non-hydrogen) atoms. The van der Waals surface area contributed by atoms with Gasteiger partial charge in [0, 0.05) is 45.2 Å². The fourth-order valence-electron chi connectivity index (χ4n) is 2.89. The zero-order valence-corrected chi connectivity index (χ0v) is 13.6. The van der Waals surface area contributed by atoms with Crippen LogP contribution in [0.3, 0.4) is 0 Å². The highest BCUT2D eigenvalue weighted by Crippen LogP contribution is 2.25. The van der Waals surface area contributed by atoms with Crippen LogP contribution in [0.4, 0.5) is 5.82 Å². The molecule has 0 aromatic carbocycles. The van der Waals surface area contributed by atoms with Crippen LogP contribution in [0.2, 0.25) is 0 Å². The van der Waals surface area contributed by atoms with E-state index in [-0.39, 0.29) is 5.56 Å². The summed E-state index contributed by atoms with van der Waals surface area (Å²) in [7, 11) is 4.43. The van der Waals surface area contributed by atoms with Crippen molar-refractivity contribution in [1.82, 2.24) is 19.3 Å². The number of anilines is 1. The summed E-state index contributed by atoms with van der Waals surface area (Å²) in [5, 5.41) is 17.5. The Morgan fingerprint density at radius 3 is 2.67 bits per heavy atom. The SMILES string of the molecule is COc1cc2c(nn1)CCN(c1c(C#N)c(=O)n(C)c(=O)n1C)C2. The van der Waals surface area contributed by atoms with Crippen molar-refractivity contribution in [3.05, 3.63) is 43.7 Å². The third-order valence-electron chi connectivity index (χ3n) is 4.17. The molecule has 2 aromatic rings. The van der Waals surface area contributed by atoms with Gasteiger partial charge in [-0.1, -0.05) is 0 Å². The molecule has 0 N–H and O–H groups in total. The summed E-state index contributed by atoms with van der Waals surface area (Å²) < 4.78 is 7.36. The molecule has 0 spiro atoms. The minimum Gasteiger partial charge on any atom is -0.480 e. The first-order valence-electron chi connectivity index (χ1n) is 7.32. The lowest BCUT2D eigenvalue weighted by atomic mass is 10.1. The first-order valence-corrected chi connectivity index (χ1v) is 7.32. The standard InChI is InChI=1S/C15H16N6O3/c1-19-13(10(7-16)14(22)20(2)15(19)23)21-5-4-11-9(8-21)6-12(24-3)18-17-11/h6H,4-5,8H2,1-3H3. The minimum absolute atomic E-state index is 0.0444. The lowest BCUT2D eigenvalue weighted by Gasteiger charge is -2.31. The van der Waals surface area contributed by atoms with Crippen molar-refractivity contribution >= 4 is 5.82 Å². The van der Waals surface area contributed by atoms with Crippen LogP contribution in [0.5, 0.6) is 5.88 Å². The Balaban J connectivity index is 2.13. The quantitative estimate of drug-likeness (QED) is 0.719. The predicted octanol–water partition coefficient (Wildman–Crippen LogP) is -0.683. The number of nitrogens with zero attached hydrogens (tertiary/aromatic N) is 6. The Bertz CT molecular complexity index is 969. The molecule has 9 nitrogen and oxygen atoms in total. The van der Waals surface area contributed by atoms with E-state index in [4.69, 9.17) is 4.74 Å². The maximum atomic E-state index is 12.2. The number of methoxy groups -OCH3 is 1. The number of rotatable bonds is 2. The summed E-state index contributed by atoms with van der Waals surface area (Å²) in [5.41, 5.74) is 0.638. The Kier molecular flexibility index (Phi) is 3.81. The third kappa shape index (κ3) is 2.32. The molecule has 0 fully saturated rings. The second-order valence-electron chi connectivity index (χ2n) is 5.55. The predicted molar refractivity (Wildman–Crippen MR) is 85.0 cm³/mol. The highest BCUT2D eigenvalue weighted by molar-refractivity contribution is 5.55. The summed E-state index contributed by atoms with van der Waals surface area (Å²) >= 11 is 0. The van der Waals surface area contributed by atoms with Crippen LogP contribution in [-0.4, -0.2) is 33.0 Å². The first-order chi connectivity index (χ1) is 11.5. The van der Waals surface area contributed by atoms with Gasteiger partial charge in [-0.05, 0) is 0 Å². The largest absolute Gasteiger partial charge is 0.480 e. The van der Waals surface area contributed by atoms with Gasteiger partial charge in [0.2, 0.25) is 5.88 Å². The van der Waals surface area contributed by atoms with Crippen LogP contribution < -0.4 is 20.9 Å². The molecule has 2 aromatic heterocycles. The van der Waals surface area contributed by atoms with Crippen LogP contribution in [0.15, 0.2) is 15.7 Å². The van der Waals surface area contributed by atoms with Crippen molar-refractivity contribution in [3.8, 4) is 11.9 Å². The number of hydrogen-bond acceptors (Lipinski definition) is 7. The zero-order chi connectivity index (χ0) is 17.4. The van der Waals surface area contributed by atoms with Gasteiger partial charge in [-0.2, -0.15) is 10.4 Å². The van der Waals surface area contributed by atoms with E-state index in [1.54, 1.807) is 13.1 Å². The van der Waals surface area contributed by atoms with Crippen molar-refractivity contribution in [2.45, 2.75) is 13.0 Å². The molecule has 1 aliphatic rings. The number of ether oxygens (including phenoxy) is 1. The molecule has 3 rings (SSSR count). The molecular weight excluding hydrogens is 312 g/mol. The van der Waals surface area contributed by atoms with Crippen LogP contribution in [0, 0.1) is 11.3 Å². The van der Waals surface area contributed by atoms with Gasteiger partial charge < -0.3 is 9.64 Å². The van der Waals surface area contributed by atoms with Crippen molar-refractivity contribution < 1.29 is 4.74 Å². The Labute approximate surface area is 137 Å². The average molecular weight is 328 g/mol. The zero-order valence-electron chi connectivity index (χ0n) is 13.6. The van der Waals surface area contributed by atoms with Crippen LogP contribution in [0.25, 0.3) is 0 Å². The second-order valence-corrected chi connectivity index (χ2v) is 5.55. The monoisotopic (exact) mass is 328 g/mol. The van der Waals surface area contributed by atoms with Crippen molar-refractivity contribution in [2.24, 2.45) is 14.1 Å². The van der Waals surface area contributed by atoms with Crippen molar-refractivity contribution in [2.75, 3.05) is 18.6 Å². The average Bonchev–Trinajstić information content (AvgIpc) is 2.61. The van der Waals surface area contributed by atoms with Crippen LogP contribution in [0.1, 0.15) is 16.8 Å². The fourth-order valence-corrected chi connectivity index (χ4v) is 2.89. The number of aromatic nitrogens is 4. The highest BCUT2D eigenvalue weighted by Gasteiger charge is 2.25. The Hall–Kier alpha value is -3.15. The van der Waals surface area contributed by atoms with Gasteiger partial charge in [0.05, 0.1) is 12.8 Å². The number of hydrogen-bond donors (Lipinski definition) is 0. The topological polar surface area (TPSA) is 106 Å². The summed E-state index contributed by atoms with van der Waals surface area (Å²) in [4.78, 5) is 26.3. The van der Waals surface area contributed by atoms with Gasteiger partial charge in [-0.25, -0.2) is 4.79 Å². The van der Waals surface area contributed by atoms with E-state index >= 15 is 0 Å². The van der Waals surface area contributed by atoms with Crippen molar-refractivity contribution in [3.63, 3.8) is 0 Å². The summed E-state index contributed by atoms with van der Waals surface area (Å²) in [6, 6.07) is 3.71. The van der Waals surface area contributed by atoms with Gasteiger partial charge in [-0.3, -0.25) is 13.9 Å². The molecule has 0 amide bonds. The lowest BCUT2D eigenvalue weighted by molar-refractivity contribution is 0.389. The van der Waals surface area contributed by atoms with E-state index in [1.807, 2.05) is 11.0 Å². The van der Waals surface area contributed by atoms with Crippen LogP contribution in [-0.2, 0) is 27.1 Å². The molecule has 0 saturated carbocycles. The Morgan fingerprint density at radius 2 is 2.00 bits per heavy atom. The van der Waals surface area contributed by atoms with E-state index in [0.29, 0.717) is 31.2 Å². The van der Waals surface area contributed by atoms with Gasteiger partial charge >= 0.3 is 5.69 Å². The molecule has 0 atom stereocenters. The van der Waals surface area contributed by atoms with Crippen LogP contribution >= 0.6 is 0 Å². The second kappa shape index (κ2) is 5.81. The maximum Gasteiger partial charge on any atom is 0.332 e. The van der Waals surface area contributed by atoms with E-state index < -0.39 is 11.2 Å². The molecule has 1 aliphatic heterocycles. The highest BCUT2D eigenvalue weighted by atomic mass is 16.5. The normalized spacial score (nSPS) is 13.3. The van der Waals surface area contributed by atoms with Gasteiger partial charge in [0.15, 0.2) is 5.56 Å². The third-order valence-corrected chi connectivity index (χ3v) is 4.17. The molecule has 9 heteroatoms. The molecule has 0 aliphatic carbocycles. The Morgan fingerprint density at radius 1 is 1.25 bits per heavy atom. The van der Waals surface area contributed by atoms with Gasteiger partial charge in [0.1, 0.15) is 11.9 Å². The smallest absolute Gasteiger partial charge is 0.332 e. The van der Waals surface area contributed by atoms with E-state index in [2.05, 4.69) is 10.2 Å². The van der Waals surface area contributed by atoms with Crippen molar-refractivity contribution in [1.29, 1.82) is 5.26 Å². The molecule has 0 unspecified atom stereocenters. The van der Waals surface area contributed by atoms with Gasteiger partial charge in [0.25, 0.3) is 5.56 Å². The number of fused-ring (bicyclic) bond motifs is 1.